The van der Waals surface area contributed by atoms with Gasteiger partial charge < -0.3 is 5.32 Å². The minimum atomic E-state index is -0.813. The zero-order valence-electron chi connectivity index (χ0n) is 9.76. The Balaban J connectivity index is 2.34. The van der Waals surface area contributed by atoms with Crippen LogP contribution in [0.25, 0.3) is 0 Å². The highest BCUT2D eigenvalue weighted by Crippen LogP contribution is 2.06. The van der Waals surface area contributed by atoms with Gasteiger partial charge in [0, 0.05) is 18.5 Å². The molecule has 1 aromatic rings. The summed E-state index contributed by atoms with van der Waals surface area (Å²) in [5, 5.41) is 3.17. The predicted molar refractivity (Wildman–Crippen MR) is 62.8 cm³/mol. The van der Waals surface area contributed by atoms with Crippen molar-refractivity contribution in [2.45, 2.75) is 38.9 Å². The van der Waals surface area contributed by atoms with Crippen molar-refractivity contribution in [1.82, 2.24) is 5.32 Å². The quantitative estimate of drug-likeness (QED) is 0.804. The third-order valence-corrected chi connectivity index (χ3v) is 2.15. The SMILES string of the molecule is CC(C)(C)NCC(F)Cc1ccccc1. The molecule has 1 unspecified atom stereocenters. The molecule has 0 saturated heterocycles. The summed E-state index contributed by atoms with van der Waals surface area (Å²) in [5.41, 5.74) is 1.04. The molecule has 0 radical (unpaired) electrons. The van der Waals surface area contributed by atoms with Crippen LogP contribution in [0.1, 0.15) is 26.3 Å². The van der Waals surface area contributed by atoms with E-state index in [0.29, 0.717) is 13.0 Å². The Morgan fingerprint density at radius 3 is 2.33 bits per heavy atom. The first-order valence-electron chi connectivity index (χ1n) is 5.40. The molecule has 0 aliphatic carbocycles. The summed E-state index contributed by atoms with van der Waals surface area (Å²) >= 11 is 0. The zero-order valence-corrected chi connectivity index (χ0v) is 9.76. The lowest BCUT2D eigenvalue weighted by Crippen LogP contribution is -2.40. The lowest BCUT2D eigenvalue weighted by atomic mass is 10.1. The van der Waals surface area contributed by atoms with Crippen LogP contribution < -0.4 is 5.32 Å². The number of hydrogen-bond acceptors (Lipinski definition) is 1. The fourth-order valence-electron chi connectivity index (χ4n) is 1.36. The Labute approximate surface area is 91.7 Å². The van der Waals surface area contributed by atoms with Crippen LogP contribution in [-0.4, -0.2) is 18.3 Å². The van der Waals surface area contributed by atoms with Crippen molar-refractivity contribution >= 4 is 0 Å². The number of nitrogens with one attached hydrogen (secondary N) is 1. The number of alkyl halides is 1. The van der Waals surface area contributed by atoms with Crippen molar-refractivity contribution in [3.63, 3.8) is 0 Å². The third kappa shape index (κ3) is 5.53. The van der Waals surface area contributed by atoms with Crippen molar-refractivity contribution in [2.75, 3.05) is 6.54 Å². The molecule has 0 aromatic heterocycles. The summed E-state index contributed by atoms with van der Waals surface area (Å²) in [5.74, 6) is 0. The largest absolute Gasteiger partial charge is 0.309 e. The minimum absolute atomic E-state index is 0.0129. The molecule has 0 saturated carbocycles. The van der Waals surface area contributed by atoms with Crippen molar-refractivity contribution < 1.29 is 4.39 Å². The highest BCUT2D eigenvalue weighted by atomic mass is 19.1. The summed E-state index contributed by atoms with van der Waals surface area (Å²) in [6.07, 6.45) is -0.323. The van der Waals surface area contributed by atoms with Gasteiger partial charge in [0.05, 0.1) is 0 Å². The van der Waals surface area contributed by atoms with Gasteiger partial charge in [0.15, 0.2) is 0 Å². The molecule has 1 N–H and O–H groups in total. The summed E-state index contributed by atoms with van der Waals surface area (Å²) in [4.78, 5) is 0. The van der Waals surface area contributed by atoms with Gasteiger partial charge in [-0.05, 0) is 26.3 Å². The van der Waals surface area contributed by atoms with E-state index in [4.69, 9.17) is 0 Å². The second-order valence-electron chi connectivity index (χ2n) is 4.92. The Bertz CT molecular complexity index is 276. The lowest BCUT2D eigenvalue weighted by Gasteiger charge is -2.22. The molecular formula is C13H20FN. The Morgan fingerprint density at radius 2 is 1.80 bits per heavy atom. The molecule has 1 nitrogen and oxygen atoms in total. The average Bonchev–Trinajstić information content (AvgIpc) is 2.15. The molecule has 0 aliphatic rings. The van der Waals surface area contributed by atoms with Crippen LogP contribution in [0.5, 0.6) is 0 Å². The molecule has 0 heterocycles. The molecule has 1 aromatic carbocycles. The molecule has 0 fully saturated rings. The second-order valence-corrected chi connectivity index (χ2v) is 4.92. The first-order chi connectivity index (χ1) is 6.97. The number of benzene rings is 1. The van der Waals surface area contributed by atoms with Gasteiger partial charge in [-0.25, -0.2) is 4.39 Å². The normalized spacial score (nSPS) is 13.9. The monoisotopic (exact) mass is 209 g/mol. The van der Waals surface area contributed by atoms with Crippen LogP contribution in [0.4, 0.5) is 4.39 Å². The van der Waals surface area contributed by atoms with Crippen molar-refractivity contribution in [3.8, 4) is 0 Å². The molecule has 0 spiro atoms. The predicted octanol–water partition coefficient (Wildman–Crippen LogP) is 2.96. The van der Waals surface area contributed by atoms with Crippen LogP contribution in [-0.2, 0) is 6.42 Å². The highest BCUT2D eigenvalue weighted by Gasteiger charge is 2.13. The number of hydrogen-bond donors (Lipinski definition) is 1. The van der Waals surface area contributed by atoms with E-state index >= 15 is 0 Å². The highest BCUT2D eigenvalue weighted by molar-refractivity contribution is 5.15. The van der Waals surface area contributed by atoms with Gasteiger partial charge in [0.25, 0.3) is 0 Å². The smallest absolute Gasteiger partial charge is 0.117 e. The van der Waals surface area contributed by atoms with Gasteiger partial charge >= 0.3 is 0 Å². The minimum Gasteiger partial charge on any atom is -0.309 e. The van der Waals surface area contributed by atoms with E-state index in [-0.39, 0.29) is 5.54 Å². The van der Waals surface area contributed by atoms with Crippen molar-refractivity contribution in [2.24, 2.45) is 0 Å². The molecule has 15 heavy (non-hydrogen) atoms. The van der Waals surface area contributed by atoms with Crippen molar-refractivity contribution in [3.05, 3.63) is 35.9 Å². The van der Waals surface area contributed by atoms with Crippen LogP contribution >= 0.6 is 0 Å². The molecular weight excluding hydrogens is 189 g/mol. The summed E-state index contributed by atoms with van der Waals surface area (Å²) < 4.78 is 13.6. The maximum absolute atomic E-state index is 13.6. The van der Waals surface area contributed by atoms with Gasteiger partial charge in [-0.15, -0.1) is 0 Å². The fraction of sp³-hybridized carbons (Fsp3) is 0.538. The van der Waals surface area contributed by atoms with E-state index in [0.717, 1.165) is 5.56 Å². The third-order valence-electron chi connectivity index (χ3n) is 2.15. The molecule has 1 rings (SSSR count). The molecule has 0 amide bonds. The van der Waals surface area contributed by atoms with Crippen molar-refractivity contribution in [1.29, 1.82) is 0 Å². The first-order valence-corrected chi connectivity index (χ1v) is 5.40. The first kappa shape index (κ1) is 12.2. The molecule has 0 aliphatic heterocycles. The Hall–Kier alpha value is -0.890. The molecule has 84 valence electrons. The standard InChI is InChI=1S/C13H20FN/c1-13(2,3)15-10-12(14)9-11-7-5-4-6-8-11/h4-8,12,15H,9-10H2,1-3H3. The van der Waals surface area contributed by atoms with E-state index in [1.54, 1.807) is 0 Å². The van der Waals surface area contributed by atoms with Gasteiger partial charge in [0.2, 0.25) is 0 Å². The number of halogens is 1. The summed E-state index contributed by atoms with van der Waals surface area (Å²) in [7, 11) is 0. The van der Waals surface area contributed by atoms with E-state index in [1.807, 2.05) is 51.1 Å². The maximum Gasteiger partial charge on any atom is 0.117 e. The zero-order chi connectivity index (χ0) is 11.3. The average molecular weight is 209 g/mol. The van der Waals surface area contributed by atoms with E-state index in [2.05, 4.69) is 5.32 Å². The lowest BCUT2D eigenvalue weighted by molar-refractivity contribution is 0.284. The second kappa shape index (κ2) is 5.26. The van der Waals surface area contributed by atoms with E-state index in [9.17, 15) is 4.39 Å². The fourth-order valence-corrected chi connectivity index (χ4v) is 1.36. The molecule has 2 heteroatoms. The summed E-state index contributed by atoms with van der Waals surface area (Å²) in [6.45, 7) is 6.55. The van der Waals surface area contributed by atoms with Gasteiger partial charge in [-0.3, -0.25) is 0 Å². The van der Waals surface area contributed by atoms with Crippen LogP contribution in [0.3, 0.4) is 0 Å². The maximum atomic E-state index is 13.6. The molecule has 1 atom stereocenters. The van der Waals surface area contributed by atoms with Gasteiger partial charge in [-0.1, -0.05) is 30.3 Å². The Kier molecular flexibility index (Phi) is 4.28. The topological polar surface area (TPSA) is 12.0 Å². The van der Waals surface area contributed by atoms with Crippen LogP contribution in [0.2, 0.25) is 0 Å². The van der Waals surface area contributed by atoms with Gasteiger partial charge in [0.1, 0.15) is 6.17 Å². The van der Waals surface area contributed by atoms with E-state index < -0.39 is 6.17 Å². The van der Waals surface area contributed by atoms with Gasteiger partial charge in [-0.2, -0.15) is 0 Å². The number of rotatable bonds is 4. The van der Waals surface area contributed by atoms with Crippen LogP contribution in [0, 0.1) is 0 Å². The summed E-state index contributed by atoms with van der Waals surface area (Å²) in [6, 6.07) is 9.76. The van der Waals surface area contributed by atoms with Crippen LogP contribution in [0.15, 0.2) is 30.3 Å². The Morgan fingerprint density at radius 1 is 1.20 bits per heavy atom. The molecule has 0 bridgehead atoms. The van der Waals surface area contributed by atoms with E-state index in [1.165, 1.54) is 0 Å².